The van der Waals surface area contributed by atoms with Crippen molar-refractivity contribution >= 4 is 43.2 Å². The Labute approximate surface area is 80.0 Å². The number of rotatable bonds is 2. The van der Waals surface area contributed by atoms with E-state index in [1.54, 1.807) is 11.3 Å². The molecule has 0 amide bonds. The van der Waals surface area contributed by atoms with E-state index in [4.69, 9.17) is 5.84 Å². The van der Waals surface area contributed by atoms with Crippen molar-refractivity contribution in [3.63, 3.8) is 0 Å². The topological polar surface area (TPSA) is 38.0 Å². The summed E-state index contributed by atoms with van der Waals surface area (Å²) in [6, 6.07) is 2.01. The lowest BCUT2D eigenvalue weighted by molar-refractivity contribution is 0.749. The molecule has 0 fully saturated rings. The summed E-state index contributed by atoms with van der Waals surface area (Å²) in [6.07, 6.45) is 0. The summed E-state index contributed by atoms with van der Waals surface area (Å²) in [7, 11) is 0. The van der Waals surface area contributed by atoms with Crippen LogP contribution in [0.15, 0.2) is 14.3 Å². The van der Waals surface area contributed by atoms with Crippen molar-refractivity contribution in [2.45, 2.75) is 6.54 Å². The highest BCUT2D eigenvalue weighted by Gasteiger charge is 2.02. The Balaban J connectivity index is 2.81. The summed E-state index contributed by atoms with van der Waals surface area (Å²) in [5, 5.41) is 0. The highest BCUT2D eigenvalue weighted by Crippen LogP contribution is 2.30. The number of nitrogens with two attached hydrogens (primary N) is 1. The van der Waals surface area contributed by atoms with Crippen LogP contribution in [0.2, 0.25) is 0 Å². The molecule has 0 bridgehead atoms. The first-order valence-corrected chi connectivity index (χ1v) is 5.01. The van der Waals surface area contributed by atoms with Gasteiger partial charge in [0.25, 0.3) is 0 Å². The number of thiophene rings is 1. The van der Waals surface area contributed by atoms with Crippen LogP contribution in [0.3, 0.4) is 0 Å². The highest BCUT2D eigenvalue weighted by atomic mass is 79.9. The monoisotopic (exact) mass is 284 g/mol. The van der Waals surface area contributed by atoms with Gasteiger partial charge >= 0.3 is 0 Å². The number of halogens is 2. The SMILES string of the molecule is NNCc1sc(Br)cc1Br. The van der Waals surface area contributed by atoms with E-state index >= 15 is 0 Å². The van der Waals surface area contributed by atoms with Crippen molar-refractivity contribution in [1.82, 2.24) is 5.43 Å². The molecule has 3 N–H and O–H groups in total. The summed E-state index contributed by atoms with van der Waals surface area (Å²) < 4.78 is 2.21. The molecule has 0 spiro atoms. The van der Waals surface area contributed by atoms with Crippen molar-refractivity contribution in [3.8, 4) is 0 Å². The van der Waals surface area contributed by atoms with Crippen LogP contribution in [-0.2, 0) is 6.54 Å². The van der Waals surface area contributed by atoms with Crippen molar-refractivity contribution in [2.75, 3.05) is 0 Å². The van der Waals surface area contributed by atoms with Gasteiger partial charge in [0.1, 0.15) is 0 Å². The first-order chi connectivity index (χ1) is 4.74. The Hall–Kier alpha value is 0.580. The first kappa shape index (κ1) is 8.67. The Morgan fingerprint density at radius 1 is 1.60 bits per heavy atom. The van der Waals surface area contributed by atoms with Crippen molar-refractivity contribution in [1.29, 1.82) is 0 Å². The third-order valence-corrected chi connectivity index (χ3v) is 3.60. The third kappa shape index (κ3) is 2.03. The van der Waals surface area contributed by atoms with Gasteiger partial charge < -0.3 is 0 Å². The first-order valence-electron chi connectivity index (χ1n) is 2.61. The maximum absolute atomic E-state index is 5.16. The molecule has 2 nitrogen and oxygen atoms in total. The van der Waals surface area contributed by atoms with E-state index in [0.29, 0.717) is 6.54 Å². The van der Waals surface area contributed by atoms with E-state index in [1.807, 2.05) is 6.07 Å². The van der Waals surface area contributed by atoms with Gasteiger partial charge in [-0.25, -0.2) is 0 Å². The molecule has 0 unspecified atom stereocenters. The molecule has 0 aliphatic rings. The molecule has 0 aliphatic carbocycles. The smallest absolute Gasteiger partial charge is 0.0713 e. The van der Waals surface area contributed by atoms with Gasteiger partial charge in [-0.05, 0) is 37.9 Å². The molecule has 0 atom stereocenters. The Morgan fingerprint density at radius 3 is 2.70 bits per heavy atom. The predicted molar refractivity (Wildman–Crippen MR) is 50.7 cm³/mol. The molecule has 0 radical (unpaired) electrons. The van der Waals surface area contributed by atoms with Gasteiger partial charge in [0.05, 0.1) is 3.79 Å². The molecule has 1 rings (SSSR count). The fourth-order valence-corrected chi connectivity index (χ4v) is 3.20. The van der Waals surface area contributed by atoms with Gasteiger partial charge in [0, 0.05) is 15.9 Å². The zero-order chi connectivity index (χ0) is 7.56. The third-order valence-electron chi connectivity index (χ3n) is 0.990. The van der Waals surface area contributed by atoms with Crippen molar-refractivity contribution < 1.29 is 0 Å². The molecular weight excluding hydrogens is 280 g/mol. The van der Waals surface area contributed by atoms with Gasteiger partial charge in [0.15, 0.2) is 0 Å². The number of hydrazine groups is 1. The number of hydrogen-bond acceptors (Lipinski definition) is 3. The average molecular weight is 286 g/mol. The lowest BCUT2D eigenvalue weighted by Crippen LogP contribution is -2.20. The molecule has 1 heterocycles. The molecule has 5 heteroatoms. The summed E-state index contributed by atoms with van der Waals surface area (Å²) >= 11 is 8.44. The summed E-state index contributed by atoms with van der Waals surface area (Å²) in [6.45, 7) is 0.705. The lowest BCUT2D eigenvalue weighted by atomic mass is 10.5. The van der Waals surface area contributed by atoms with E-state index in [-0.39, 0.29) is 0 Å². The maximum atomic E-state index is 5.16. The summed E-state index contributed by atoms with van der Waals surface area (Å²) in [4.78, 5) is 1.20. The molecule has 0 saturated heterocycles. The maximum Gasteiger partial charge on any atom is 0.0713 e. The van der Waals surface area contributed by atoms with Crippen LogP contribution in [-0.4, -0.2) is 0 Å². The van der Waals surface area contributed by atoms with Gasteiger partial charge in [-0.1, -0.05) is 0 Å². The average Bonchev–Trinajstić information content (AvgIpc) is 2.13. The molecule has 0 saturated carbocycles. The Bertz CT molecular complexity index is 223. The van der Waals surface area contributed by atoms with Crippen molar-refractivity contribution in [3.05, 3.63) is 19.2 Å². The van der Waals surface area contributed by atoms with Crippen LogP contribution in [0.5, 0.6) is 0 Å². The molecule has 1 aromatic rings. The Morgan fingerprint density at radius 2 is 2.30 bits per heavy atom. The van der Waals surface area contributed by atoms with E-state index in [0.717, 1.165) is 8.26 Å². The van der Waals surface area contributed by atoms with Crippen LogP contribution in [0.1, 0.15) is 4.88 Å². The number of hydrogen-bond donors (Lipinski definition) is 2. The molecule has 1 aromatic heterocycles. The van der Waals surface area contributed by atoms with Gasteiger partial charge in [0.2, 0.25) is 0 Å². The normalized spacial score (nSPS) is 10.3. The van der Waals surface area contributed by atoms with Gasteiger partial charge in [-0.2, -0.15) is 0 Å². The second-order valence-corrected chi connectivity index (χ2v) is 5.07. The summed E-state index contributed by atoms with van der Waals surface area (Å²) in [5.74, 6) is 5.16. The molecular formula is C5H6Br2N2S. The second-order valence-electron chi connectivity index (χ2n) is 1.70. The van der Waals surface area contributed by atoms with Crippen LogP contribution < -0.4 is 11.3 Å². The minimum atomic E-state index is 0.705. The fraction of sp³-hybridized carbons (Fsp3) is 0.200. The van der Waals surface area contributed by atoms with Crippen LogP contribution >= 0.6 is 43.2 Å². The standard InChI is InChI=1S/C5H6Br2N2S/c6-3-1-5(7)10-4(3)2-9-8/h1,9H,2,8H2. The minimum absolute atomic E-state index is 0.705. The molecule has 0 aliphatic heterocycles. The second kappa shape index (κ2) is 3.82. The largest absolute Gasteiger partial charge is 0.271 e. The summed E-state index contributed by atoms with van der Waals surface area (Å²) in [5.41, 5.74) is 2.60. The van der Waals surface area contributed by atoms with E-state index in [2.05, 4.69) is 37.3 Å². The van der Waals surface area contributed by atoms with Crippen LogP contribution in [0.25, 0.3) is 0 Å². The van der Waals surface area contributed by atoms with E-state index in [9.17, 15) is 0 Å². The van der Waals surface area contributed by atoms with Crippen molar-refractivity contribution in [2.24, 2.45) is 5.84 Å². The number of nitrogens with one attached hydrogen (secondary N) is 1. The zero-order valence-corrected chi connectivity index (χ0v) is 9.01. The van der Waals surface area contributed by atoms with Gasteiger partial charge in [-0.15, -0.1) is 11.3 Å². The minimum Gasteiger partial charge on any atom is -0.271 e. The highest BCUT2D eigenvalue weighted by molar-refractivity contribution is 9.11. The van der Waals surface area contributed by atoms with Gasteiger partial charge in [-0.3, -0.25) is 11.3 Å². The van der Waals surface area contributed by atoms with Crippen LogP contribution in [0.4, 0.5) is 0 Å². The quantitative estimate of drug-likeness (QED) is 0.646. The molecule has 56 valence electrons. The Kier molecular flexibility index (Phi) is 3.32. The van der Waals surface area contributed by atoms with Crippen LogP contribution in [0, 0.1) is 0 Å². The zero-order valence-electron chi connectivity index (χ0n) is 5.03. The van der Waals surface area contributed by atoms with E-state index in [1.165, 1.54) is 4.88 Å². The fourth-order valence-electron chi connectivity index (χ4n) is 0.589. The molecule has 0 aromatic carbocycles. The lowest BCUT2D eigenvalue weighted by Gasteiger charge is -1.93. The predicted octanol–water partition coefficient (Wildman–Crippen LogP) is 2.24. The van der Waals surface area contributed by atoms with E-state index < -0.39 is 0 Å². The molecule has 10 heavy (non-hydrogen) atoms.